The summed E-state index contributed by atoms with van der Waals surface area (Å²) >= 11 is 0. The zero-order valence-corrected chi connectivity index (χ0v) is 8.98. The van der Waals surface area contributed by atoms with Crippen molar-refractivity contribution < 1.29 is 14.7 Å². The molecule has 0 aliphatic heterocycles. The van der Waals surface area contributed by atoms with Crippen molar-refractivity contribution >= 4 is 12.4 Å². The summed E-state index contributed by atoms with van der Waals surface area (Å²) in [5.41, 5.74) is -0.536. The van der Waals surface area contributed by atoms with Gasteiger partial charge in [-0.2, -0.15) is 0 Å². The lowest BCUT2D eigenvalue weighted by molar-refractivity contribution is -0.272. The Balaban J connectivity index is 4.75. The summed E-state index contributed by atoms with van der Waals surface area (Å²) in [6, 6.07) is -0.370. The van der Waals surface area contributed by atoms with Crippen LogP contribution in [0.3, 0.4) is 0 Å². The predicted octanol–water partition coefficient (Wildman–Crippen LogP) is 0.574. The second-order valence-corrected chi connectivity index (χ2v) is 4.07. The topological polar surface area (TPSA) is 60.4 Å². The van der Waals surface area contributed by atoms with Crippen LogP contribution in [0.25, 0.3) is 0 Å². The Morgan fingerprint density at radius 1 is 1.43 bits per heavy atom. The van der Waals surface area contributed by atoms with Crippen LogP contribution in [0.1, 0.15) is 27.7 Å². The molecule has 14 heavy (non-hydrogen) atoms. The minimum absolute atomic E-state index is 0.370. The Kier molecular flexibility index (Phi) is 4.34. The van der Waals surface area contributed by atoms with Gasteiger partial charge in [0.15, 0.2) is 0 Å². The fourth-order valence-corrected chi connectivity index (χ4v) is 1.34. The molecular formula is C10H16NO3-. The molecule has 0 fully saturated rings. The molecule has 1 amide bonds. The van der Waals surface area contributed by atoms with Gasteiger partial charge in [-0.3, -0.25) is 4.79 Å². The Bertz CT molecular complexity index is 240. The Morgan fingerprint density at radius 3 is 2.21 bits per heavy atom. The molecule has 0 radical (unpaired) electrons. The highest BCUT2D eigenvalue weighted by Crippen LogP contribution is 2.16. The number of hydrogen-bond acceptors (Lipinski definition) is 3. The average Bonchev–Trinajstić information content (AvgIpc) is 1.97. The molecule has 0 saturated carbocycles. The number of carbonyl (C=O) groups excluding carboxylic acids is 2. The average molecular weight is 198 g/mol. The van der Waals surface area contributed by atoms with Crippen molar-refractivity contribution in [2.75, 3.05) is 0 Å². The first kappa shape index (κ1) is 12.7. The molecule has 0 saturated heterocycles. The van der Waals surface area contributed by atoms with Crippen LogP contribution in [0, 0.1) is 0 Å². The highest BCUT2D eigenvalue weighted by atomic mass is 16.4. The molecule has 0 bridgehead atoms. The maximum absolute atomic E-state index is 10.8. The number of hydrogen-bond donors (Lipinski definition) is 0. The van der Waals surface area contributed by atoms with Crippen molar-refractivity contribution in [3.05, 3.63) is 12.2 Å². The van der Waals surface area contributed by atoms with Gasteiger partial charge in [0, 0.05) is 11.6 Å². The van der Waals surface area contributed by atoms with E-state index in [1.807, 2.05) is 0 Å². The lowest BCUT2D eigenvalue weighted by Gasteiger charge is -2.41. The molecule has 0 unspecified atom stereocenters. The van der Waals surface area contributed by atoms with E-state index in [4.69, 9.17) is 0 Å². The first-order valence-electron chi connectivity index (χ1n) is 4.43. The quantitative estimate of drug-likeness (QED) is 0.492. The highest BCUT2D eigenvalue weighted by molar-refractivity contribution is 5.67. The molecule has 0 N–H and O–H groups in total. The number of rotatable bonds is 3. The predicted molar refractivity (Wildman–Crippen MR) is 51.7 cm³/mol. The molecule has 1 atom stereocenters. The van der Waals surface area contributed by atoms with Gasteiger partial charge >= 0.3 is 0 Å². The number of carboxylic acid groups (broad SMARTS) is 1. The number of nitrogens with zero attached hydrogens (tertiary/aromatic N) is 1. The molecular weight excluding hydrogens is 182 g/mol. The molecule has 0 aliphatic rings. The summed E-state index contributed by atoms with van der Waals surface area (Å²) in [7, 11) is 0. The lowest BCUT2D eigenvalue weighted by atomic mass is 10.0. The molecule has 0 heterocycles. The largest absolute Gasteiger partial charge is 0.530 e. The normalized spacial score (nSPS) is 14.0. The molecule has 0 aromatic heterocycles. The molecule has 0 aliphatic carbocycles. The van der Waals surface area contributed by atoms with Crippen molar-refractivity contribution in [3.63, 3.8) is 0 Å². The summed E-state index contributed by atoms with van der Waals surface area (Å²) in [5.74, 6) is 0. The fraction of sp³-hybridized carbons (Fsp3) is 0.600. The van der Waals surface area contributed by atoms with Crippen molar-refractivity contribution in [2.45, 2.75) is 39.3 Å². The van der Waals surface area contributed by atoms with Crippen LogP contribution < -0.4 is 5.11 Å². The van der Waals surface area contributed by atoms with Gasteiger partial charge < -0.3 is 14.8 Å². The van der Waals surface area contributed by atoms with Gasteiger partial charge in [-0.1, -0.05) is 6.08 Å². The third kappa shape index (κ3) is 3.60. The number of amides is 1. The Labute approximate surface area is 84.2 Å². The Morgan fingerprint density at radius 2 is 1.93 bits per heavy atom. The minimum Gasteiger partial charge on any atom is -0.530 e. The molecule has 0 spiro atoms. The molecule has 0 aromatic carbocycles. The van der Waals surface area contributed by atoms with Crippen molar-refractivity contribution in [2.24, 2.45) is 0 Å². The number of aldehydes is 1. The first-order valence-corrected chi connectivity index (χ1v) is 4.43. The van der Waals surface area contributed by atoms with E-state index in [1.165, 1.54) is 17.1 Å². The Hall–Kier alpha value is -1.32. The van der Waals surface area contributed by atoms with Crippen LogP contribution in [-0.4, -0.2) is 28.9 Å². The third-order valence-electron chi connectivity index (χ3n) is 1.79. The summed E-state index contributed by atoms with van der Waals surface area (Å²) in [6.45, 7) is 7.01. The van der Waals surface area contributed by atoms with Gasteiger partial charge in [0.2, 0.25) is 0 Å². The van der Waals surface area contributed by atoms with E-state index in [0.717, 1.165) is 0 Å². The summed E-state index contributed by atoms with van der Waals surface area (Å²) < 4.78 is 0. The van der Waals surface area contributed by atoms with E-state index >= 15 is 0 Å². The van der Waals surface area contributed by atoms with E-state index in [2.05, 4.69) is 0 Å². The molecule has 0 rings (SSSR count). The van der Waals surface area contributed by atoms with Crippen LogP contribution in [0.15, 0.2) is 12.2 Å². The maximum Gasteiger partial charge on any atom is 0.142 e. The van der Waals surface area contributed by atoms with E-state index in [0.29, 0.717) is 6.29 Å². The second-order valence-electron chi connectivity index (χ2n) is 4.07. The molecule has 80 valence electrons. The number of allylic oxidation sites excluding steroid dienone is 1. The first-order chi connectivity index (χ1) is 6.30. The van der Waals surface area contributed by atoms with E-state index in [-0.39, 0.29) is 6.04 Å². The van der Waals surface area contributed by atoms with Crippen LogP contribution in [0.4, 0.5) is 4.79 Å². The van der Waals surface area contributed by atoms with Gasteiger partial charge in [0.05, 0.1) is 0 Å². The van der Waals surface area contributed by atoms with E-state index in [9.17, 15) is 14.7 Å². The number of carbonyl (C=O) groups is 2. The molecule has 4 nitrogen and oxygen atoms in total. The summed E-state index contributed by atoms with van der Waals surface area (Å²) in [6.07, 6.45) is 2.19. The monoisotopic (exact) mass is 198 g/mol. The van der Waals surface area contributed by atoms with Gasteiger partial charge in [-0.25, -0.2) is 0 Å². The third-order valence-corrected chi connectivity index (χ3v) is 1.79. The zero-order valence-electron chi connectivity index (χ0n) is 8.98. The van der Waals surface area contributed by atoms with E-state index in [1.54, 1.807) is 27.7 Å². The zero-order chi connectivity index (χ0) is 11.4. The van der Waals surface area contributed by atoms with Crippen LogP contribution in [0.5, 0.6) is 0 Å². The summed E-state index contributed by atoms with van der Waals surface area (Å²) in [4.78, 5) is 22.1. The van der Waals surface area contributed by atoms with Crippen LogP contribution in [0.2, 0.25) is 0 Å². The minimum atomic E-state index is -1.24. The van der Waals surface area contributed by atoms with Crippen LogP contribution in [-0.2, 0) is 4.79 Å². The van der Waals surface area contributed by atoms with Crippen LogP contribution >= 0.6 is 0 Å². The van der Waals surface area contributed by atoms with Gasteiger partial charge in [-0.15, -0.1) is 0 Å². The van der Waals surface area contributed by atoms with Gasteiger partial charge in [-0.05, 0) is 33.8 Å². The second kappa shape index (κ2) is 4.79. The maximum atomic E-state index is 10.8. The lowest BCUT2D eigenvalue weighted by Crippen LogP contribution is -2.55. The standard InChI is InChI=1S/C10H17NO3/c1-8(6-5-7-12)11(9(13)14)10(2,3)4/h5-8H,1-4H3,(H,13,14)/p-1/t8-/m0/s1. The van der Waals surface area contributed by atoms with Crippen molar-refractivity contribution in [1.29, 1.82) is 0 Å². The highest BCUT2D eigenvalue weighted by Gasteiger charge is 2.24. The van der Waals surface area contributed by atoms with Crippen molar-refractivity contribution in [3.8, 4) is 0 Å². The summed E-state index contributed by atoms with van der Waals surface area (Å²) in [5, 5.41) is 10.8. The molecule has 0 aromatic rings. The smallest absolute Gasteiger partial charge is 0.142 e. The fourth-order valence-electron chi connectivity index (χ4n) is 1.34. The van der Waals surface area contributed by atoms with Gasteiger partial charge in [0.25, 0.3) is 0 Å². The molecule has 4 heteroatoms. The van der Waals surface area contributed by atoms with E-state index < -0.39 is 11.6 Å². The van der Waals surface area contributed by atoms with Crippen molar-refractivity contribution in [1.82, 2.24) is 4.90 Å². The van der Waals surface area contributed by atoms with Gasteiger partial charge in [0.1, 0.15) is 12.4 Å². The SMILES string of the molecule is C[C@@H](C=CC=O)N(C(=O)[O-])C(C)(C)C.